The Labute approximate surface area is 150 Å². The van der Waals surface area contributed by atoms with Gasteiger partial charge >= 0.3 is 5.97 Å². The van der Waals surface area contributed by atoms with E-state index in [0.29, 0.717) is 18.7 Å². The summed E-state index contributed by atoms with van der Waals surface area (Å²) in [4.78, 5) is 25.2. The van der Waals surface area contributed by atoms with Crippen molar-refractivity contribution in [3.63, 3.8) is 0 Å². The molecule has 1 rings (SSSR count). The molecule has 0 fully saturated rings. The summed E-state index contributed by atoms with van der Waals surface area (Å²) in [5.74, 6) is -1.20. The molecule has 1 atom stereocenters. The van der Waals surface area contributed by atoms with Gasteiger partial charge < -0.3 is 14.4 Å². The number of hydrogen-bond donors (Lipinski definition) is 1. The summed E-state index contributed by atoms with van der Waals surface area (Å²) in [6, 6.07) is 0.0187. The first-order valence-corrected chi connectivity index (χ1v) is 8.11. The first-order chi connectivity index (χ1) is 11.7. The number of carboxylic acids is 1. The average Bonchev–Trinajstić information content (AvgIpc) is 2.59. The van der Waals surface area contributed by atoms with E-state index < -0.39 is 11.4 Å². The van der Waals surface area contributed by atoms with Crippen LogP contribution in [0.25, 0.3) is 0 Å². The molecule has 1 unspecified atom stereocenters. The van der Waals surface area contributed by atoms with Crippen LogP contribution in [-0.2, 0) is 11.3 Å². The van der Waals surface area contributed by atoms with E-state index in [2.05, 4.69) is 17.9 Å². The number of carbonyl (C=O) groups is 1. The Morgan fingerprint density at radius 1 is 1.44 bits per heavy atom. The van der Waals surface area contributed by atoms with Crippen molar-refractivity contribution in [1.82, 2.24) is 9.47 Å². The molecule has 6 heteroatoms. The highest BCUT2D eigenvalue weighted by atomic mass is 16.5. The van der Waals surface area contributed by atoms with E-state index in [4.69, 9.17) is 5.11 Å². The molecular weight excluding hydrogens is 320 g/mol. The summed E-state index contributed by atoms with van der Waals surface area (Å²) in [7, 11) is 3.62. The molecule has 1 aromatic rings. The van der Waals surface area contributed by atoms with Crippen LogP contribution >= 0.6 is 0 Å². The maximum Gasteiger partial charge on any atom is 0.341 e. The molecule has 1 aromatic heterocycles. The molecule has 0 aromatic carbocycles. The second kappa shape index (κ2) is 11.4. The first-order valence-electron chi connectivity index (χ1n) is 8.11. The summed E-state index contributed by atoms with van der Waals surface area (Å²) >= 11 is 0. The predicted molar refractivity (Wildman–Crippen MR) is 101 cm³/mol. The fraction of sp³-hybridized carbons (Fsp3) is 0.474. The number of aromatic nitrogens is 1. The highest BCUT2D eigenvalue weighted by Crippen LogP contribution is 2.09. The van der Waals surface area contributed by atoms with Gasteiger partial charge in [-0.15, -0.1) is 13.2 Å². The SMILES string of the molecule is C=CCN(C)C(C=C)Cn1cc(C(=O)O)c(=O)c(C)c1C.CCOC. The first kappa shape index (κ1) is 22.8. The maximum absolute atomic E-state index is 11.9. The van der Waals surface area contributed by atoms with Crippen molar-refractivity contribution < 1.29 is 14.6 Å². The Morgan fingerprint density at radius 2 is 2.00 bits per heavy atom. The van der Waals surface area contributed by atoms with Crippen LogP contribution in [0, 0.1) is 13.8 Å². The predicted octanol–water partition coefficient (Wildman–Crippen LogP) is 2.49. The van der Waals surface area contributed by atoms with E-state index in [1.54, 1.807) is 30.8 Å². The fourth-order valence-corrected chi connectivity index (χ4v) is 2.17. The van der Waals surface area contributed by atoms with Gasteiger partial charge in [-0.3, -0.25) is 9.69 Å². The molecule has 6 nitrogen and oxygen atoms in total. The van der Waals surface area contributed by atoms with Crippen LogP contribution in [0.1, 0.15) is 28.5 Å². The number of nitrogens with zero attached hydrogens (tertiary/aromatic N) is 2. The number of methoxy groups -OCH3 is 1. The molecule has 0 radical (unpaired) electrons. The van der Waals surface area contributed by atoms with Gasteiger partial charge in [0.05, 0.1) is 0 Å². The third kappa shape index (κ3) is 6.68. The van der Waals surface area contributed by atoms with Crippen LogP contribution in [-0.4, -0.2) is 53.9 Å². The van der Waals surface area contributed by atoms with Crippen molar-refractivity contribution in [3.05, 3.63) is 58.6 Å². The molecule has 1 N–H and O–H groups in total. The highest BCUT2D eigenvalue weighted by molar-refractivity contribution is 5.87. The van der Waals surface area contributed by atoms with Crippen LogP contribution in [0.4, 0.5) is 0 Å². The average molecular weight is 350 g/mol. The molecule has 1 heterocycles. The molecule has 0 aliphatic rings. The minimum absolute atomic E-state index is 0.0187. The van der Waals surface area contributed by atoms with Gasteiger partial charge in [0.15, 0.2) is 5.43 Å². The van der Waals surface area contributed by atoms with Crippen molar-refractivity contribution in [1.29, 1.82) is 0 Å². The van der Waals surface area contributed by atoms with Crippen molar-refractivity contribution >= 4 is 5.97 Å². The zero-order valence-electron chi connectivity index (χ0n) is 15.9. The Balaban J connectivity index is 0.00000129. The van der Waals surface area contributed by atoms with Gasteiger partial charge in [-0.25, -0.2) is 4.79 Å². The number of hydrogen-bond acceptors (Lipinski definition) is 4. The van der Waals surface area contributed by atoms with Crippen LogP contribution in [0.5, 0.6) is 0 Å². The lowest BCUT2D eigenvalue weighted by molar-refractivity contribution is 0.0694. The zero-order chi connectivity index (χ0) is 19.6. The Hall–Kier alpha value is -2.18. The Bertz CT molecular complexity index is 648. The molecule has 0 spiro atoms. The second-order valence-electron chi connectivity index (χ2n) is 5.65. The number of carboxylic acid groups (broad SMARTS) is 1. The number of ether oxygens (including phenoxy) is 1. The van der Waals surface area contributed by atoms with E-state index in [-0.39, 0.29) is 11.6 Å². The van der Waals surface area contributed by atoms with E-state index in [1.807, 2.05) is 25.8 Å². The lowest BCUT2D eigenvalue weighted by atomic mass is 10.1. The van der Waals surface area contributed by atoms with Crippen LogP contribution in [0.3, 0.4) is 0 Å². The van der Waals surface area contributed by atoms with Crippen LogP contribution in [0.15, 0.2) is 36.3 Å². The monoisotopic (exact) mass is 350 g/mol. The van der Waals surface area contributed by atoms with Gasteiger partial charge in [0.1, 0.15) is 5.56 Å². The summed E-state index contributed by atoms with van der Waals surface area (Å²) in [6.07, 6.45) is 5.00. The van der Waals surface area contributed by atoms with Gasteiger partial charge in [0.25, 0.3) is 0 Å². The molecule has 0 saturated carbocycles. The summed E-state index contributed by atoms with van der Waals surface area (Å²) < 4.78 is 6.34. The largest absolute Gasteiger partial charge is 0.477 e. The van der Waals surface area contributed by atoms with Gasteiger partial charge in [0, 0.05) is 50.3 Å². The van der Waals surface area contributed by atoms with Crippen molar-refractivity contribution in [3.8, 4) is 0 Å². The third-order valence-electron chi connectivity index (χ3n) is 4.00. The lowest BCUT2D eigenvalue weighted by Crippen LogP contribution is -2.35. The van der Waals surface area contributed by atoms with Crippen molar-refractivity contribution in [2.75, 3.05) is 27.3 Å². The Morgan fingerprint density at radius 3 is 2.40 bits per heavy atom. The number of aromatic carboxylic acids is 1. The molecular formula is C19H30N2O4. The van der Waals surface area contributed by atoms with Crippen molar-refractivity contribution in [2.45, 2.75) is 33.4 Å². The van der Waals surface area contributed by atoms with Gasteiger partial charge in [-0.2, -0.15) is 0 Å². The fourth-order valence-electron chi connectivity index (χ4n) is 2.17. The van der Waals surface area contributed by atoms with Crippen LogP contribution < -0.4 is 5.43 Å². The smallest absolute Gasteiger partial charge is 0.341 e. The molecule has 25 heavy (non-hydrogen) atoms. The van der Waals surface area contributed by atoms with Gasteiger partial charge in [-0.1, -0.05) is 12.2 Å². The minimum Gasteiger partial charge on any atom is -0.477 e. The lowest BCUT2D eigenvalue weighted by Gasteiger charge is -2.26. The topological polar surface area (TPSA) is 71.8 Å². The molecule has 0 amide bonds. The third-order valence-corrected chi connectivity index (χ3v) is 4.00. The quantitative estimate of drug-likeness (QED) is 0.729. The van der Waals surface area contributed by atoms with Gasteiger partial charge in [0.2, 0.25) is 0 Å². The minimum atomic E-state index is -1.20. The molecule has 0 saturated heterocycles. The summed E-state index contributed by atoms with van der Waals surface area (Å²) in [5, 5.41) is 9.13. The van der Waals surface area contributed by atoms with Crippen molar-refractivity contribution in [2.24, 2.45) is 0 Å². The van der Waals surface area contributed by atoms with E-state index in [1.165, 1.54) is 6.20 Å². The number of rotatable bonds is 8. The standard InChI is InChI=1S/C16H22N2O3.C3H8O/c1-6-8-17(5)13(7-2)9-18-10-14(16(20)21)15(19)11(3)12(18)4;1-3-4-2/h6-7,10,13H,1-2,8-9H2,3-5H3,(H,20,21);3H2,1-2H3. The van der Waals surface area contributed by atoms with E-state index >= 15 is 0 Å². The van der Waals surface area contributed by atoms with E-state index in [9.17, 15) is 9.59 Å². The Kier molecular flexibility index (Phi) is 10.4. The summed E-state index contributed by atoms with van der Waals surface area (Å²) in [6.45, 7) is 15.0. The second-order valence-corrected chi connectivity index (χ2v) is 5.65. The summed E-state index contributed by atoms with van der Waals surface area (Å²) in [5.41, 5.74) is 0.603. The molecule has 0 bridgehead atoms. The molecule has 140 valence electrons. The maximum atomic E-state index is 11.9. The van der Waals surface area contributed by atoms with Gasteiger partial charge in [-0.05, 0) is 27.8 Å². The van der Waals surface area contributed by atoms with E-state index in [0.717, 1.165) is 12.3 Å². The molecule has 0 aliphatic carbocycles. The highest BCUT2D eigenvalue weighted by Gasteiger charge is 2.17. The number of likely N-dealkylation sites (N-methyl/N-ethyl adjacent to an activating group) is 1. The molecule has 0 aliphatic heterocycles. The number of pyridine rings is 1. The zero-order valence-corrected chi connectivity index (χ0v) is 15.9. The van der Waals surface area contributed by atoms with Crippen LogP contribution in [0.2, 0.25) is 0 Å². The normalized spacial score (nSPS) is 11.4.